The average Bonchev–Trinajstić information content (AvgIpc) is 4.07. The number of nitrogens with two attached hydrogens (primary N) is 3. The van der Waals surface area contributed by atoms with Gasteiger partial charge in [0.25, 0.3) is 16.7 Å². The molecule has 3 aliphatic rings. The van der Waals surface area contributed by atoms with Crippen LogP contribution in [0.5, 0.6) is 0 Å². The predicted molar refractivity (Wildman–Crippen MR) is 226 cm³/mol. The van der Waals surface area contributed by atoms with E-state index in [2.05, 4.69) is 64.6 Å². The summed E-state index contributed by atoms with van der Waals surface area (Å²) in [5, 5.41) is 21.0. The second-order valence-electron chi connectivity index (χ2n) is 15.6. The van der Waals surface area contributed by atoms with Crippen LogP contribution in [-0.4, -0.2) is 118 Å². The molecular formula is C36H41N15O7Rb6Si3+3. The van der Waals surface area contributed by atoms with E-state index in [-0.39, 0.29) is 479 Å². The number of nitrogens with zero attached hydrogens (tertiary/aromatic N) is 9. The van der Waals surface area contributed by atoms with Crippen molar-refractivity contribution in [3.63, 3.8) is 0 Å². The molecule has 6 aromatic rings. The Hall–Kier alpha value is 4.99. The zero-order chi connectivity index (χ0) is 42.9. The molecule has 11 N–H and O–H groups in total. The van der Waals surface area contributed by atoms with Crippen molar-refractivity contribution < 1.29 is 368 Å². The first kappa shape index (κ1) is 66.3. The van der Waals surface area contributed by atoms with Gasteiger partial charge in [-0.1, -0.05) is 55.7 Å². The second kappa shape index (κ2) is 29.3. The summed E-state index contributed by atoms with van der Waals surface area (Å²) in [5.41, 5.74) is 20.1. The summed E-state index contributed by atoms with van der Waals surface area (Å²) in [6, 6.07) is -0.867. The van der Waals surface area contributed by atoms with Gasteiger partial charge < -0.3 is 69.2 Å². The Labute approximate surface area is 684 Å². The van der Waals surface area contributed by atoms with Crippen LogP contribution in [0.15, 0.2) is 69.8 Å². The second-order valence-corrected chi connectivity index (χ2v) is 19.6. The quantitative estimate of drug-likeness (QED) is 0.0393. The van der Waals surface area contributed by atoms with Crippen LogP contribution in [0, 0.1) is 17.8 Å². The number of hydrogen-bond donors (Lipinski definition) is 8. The number of fused-ring (bicyclic) bond motifs is 3. The summed E-state index contributed by atoms with van der Waals surface area (Å²) in [7, 11) is 0.00202. The molecule has 3 fully saturated rings. The fourth-order valence-electron chi connectivity index (χ4n) is 9.11. The van der Waals surface area contributed by atoms with Gasteiger partial charge in [-0.25, -0.2) is 15.0 Å². The van der Waals surface area contributed by atoms with Gasteiger partial charge in [-0.2, -0.15) is 31.6 Å². The van der Waals surface area contributed by atoms with Crippen molar-refractivity contribution in [3.8, 4) is 0 Å². The van der Waals surface area contributed by atoms with Gasteiger partial charge in [-0.15, -0.1) is 0 Å². The van der Waals surface area contributed by atoms with Crippen molar-refractivity contribution in [1.82, 2.24) is 58.6 Å². The van der Waals surface area contributed by atoms with Crippen molar-refractivity contribution in [2.24, 2.45) is 17.8 Å². The van der Waals surface area contributed by atoms with Crippen LogP contribution >= 0.6 is 0 Å². The number of aliphatic hydroxyl groups excluding tert-OH is 2. The topological polar surface area (TPSA) is 328 Å². The molecule has 0 unspecified atom stereocenters. The van der Waals surface area contributed by atoms with E-state index in [1.807, 2.05) is 4.57 Å². The third kappa shape index (κ3) is 13.9. The van der Waals surface area contributed by atoms with Gasteiger partial charge in [-0.3, -0.25) is 39.1 Å². The Morgan fingerprint density at radius 1 is 0.567 bits per heavy atom. The minimum atomic E-state index is -0.442. The third-order valence-electron chi connectivity index (χ3n) is 12.3. The molecule has 3 saturated carbocycles. The first-order chi connectivity index (χ1) is 29.4. The van der Waals surface area contributed by atoms with E-state index in [1.165, 1.54) is 0 Å². The number of anilines is 3. The smallest absolute Gasteiger partial charge is 0.840 e. The fourth-order valence-corrected chi connectivity index (χ4v) is 13.5. The maximum atomic E-state index is 12.7. The van der Waals surface area contributed by atoms with Crippen LogP contribution in [0.2, 0.25) is 16.6 Å². The molecule has 0 spiro atoms. The molecular weight excluding hydrogens is 1350 g/mol. The molecule has 9 atom stereocenters. The van der Waals surface area contributed by atoms with Crippen molar-refractivity contribution >= 4 is 80.6 Å². The first-order valence-corrected chi connectivity index (χ1v) is 22.3. The molecule has 0 saturated heterocycles. The minimum Gasteiger partial charge on any atom is -0.840 e. The van der Waals surface area contributed by atoms with Crippen molar-refractivity contribution in [2.45, 2.75) is 54.0 Å². The molecule has 317 valence electrons. The molecule has 0 bridgehead atoms. The fraction of sp³-hybridized carbons (Fsp3) is 0.417. The van der Waals surface area contributed by atoms with Crippen LogP contribution in [0.25, 0.3) is 33.5 Å². The van der Waals surface area contributed by atoms with Crippen LogP contribution < -0.4 is 383 Å². The van der Waals surface area contributed by atoms with E-state index in [4.69, 9.17) is 25.7 Å². The Balaban J connectivity index is 0.00000198. The zero-order valence-corrected chi connectivity index (χ0v) is 71.0. The number of hydrogen-bond acceptors (Lipinski definition) is 16. The molecule has 6 heterocycles. The van der Waals surface area contributed by atoms with Crippen molar-refractivity contribution in [2.75, 3.05) is 37.0 Å². The summed E-state index contributed by atoms with van der Waals surface area (Å²) in [4.78, 5) is 71.0. The van der Waals surface area contributed by atoms with E-state index in [9.17, 15) is 24.6 Å². The molecule has 0 aromatic carbocycles. The molecule has 9 rings (SSSR count). The van der Waals surface area contributed by atoms with Gasteiger partial charge in [-0.05, 0) is 17.8 Å². The number of nitrogens with one attached hydrogen (secondary N) is 3. The molecule has 31 heteroatoms. The SMILES string of the molecule is C=C1[C@H](CO)[C@@H]([Si-]OC[C@H]2C(=C)[C@@H](n3cnc4c(=O)[nH]c(N)nc43)C[C@@H]2[Si-]O[Si-][C@H]2C[C@H](n3cnc4c(=O)[nH]c(N)nc43)C(=C)[C@@H]2CO)C[C@@H]1n1cnc2c(=O)[nH]c(N)nc21.[Rb+].[Rb+].[Rb+].[Rb+].[Rb+].[Rb+]. The normalized spacial score (nSPS) is 24.4. The zero-order valence-electron chi connectivity index (χ0n) is 38.5. The minimum absolute atomic E-state index is 0. The van der Waals surface area contributed by atoms with Gasteiger partial charge in [0.15, 0.2) is 33.5 Å². The molecule has 3 aliphatic carbocycles. The molecule has 3 radical (unpaired) electrons. The van der Waals surface area contributed by atoms with E-state index in [1.54, 1.807) is 28.1 Å². The third-order valence-corrected chi connectivity index (χ3v) is 16.4. The number of aliphatic hydroxyl groups is 2. The largest absolute Gasteiger partial charge is 1.00 e. The van der Waals surface area contributed by atoms with Crippen molar-refractivity contribution in [1.29, 1.82) is 0 Å². The average molecular weight is 1390 g/mol. The summed E-state index contributed by atoms with van der Waals surface area (Å²) in [6.45, 7) is 13.2. The Bertz CT molecular complexity index is 2930. The van der Waals surface area contributed by atoms with E-state index >= 15 is 0 Å². The van der Waals surface area contributed by atoms with Gasteiger partial charge in [0.1, 0.15) is 0 Å². The maximum absolute atomic E-state index is 12.7. The summed E-state index contributed by atoms with van der Waals surface area (Å²) in [6.07, 6.45) is 6.43. The number of aromatic nitrogens is 12. The number of H-pyrrole nitrogens is 3. The number of rotatable bonds is 13. The Morgan fingerprint density at radius 2 is 0.881 bits per heavy atom. The summed E-state index contributed by atoms with van der Waals surface area (Å²) < 4.78 is 18.5. The van der Waals surface area contributed by atoms with Gasteiger partial charge >= 0.3 is 349 Å². The van der Waals surface area contributed by atoms with Crippen LogP contribution in [0.1, 0.15) is 37.4 Å². The molecule has 0 amide bonds. The maximum Gasteiger partial charge on any atom is 1.00 e. The van der Waals surface area contributed by atoms with E-state index in [0.29, 0.717) is 42.8 Å². The van der Waals surface area contributed by atoms with E-state index < -0.39 is 16.7 Å². The van der Waals surface area contributed by atoms with Gasteiger partial charge in [0, 0.05) is 19.8 Å². The molecule has 67 heavy (non-hydrogen) atoms. The summed E-state index contributed by atoms with van der Waals surface area (Å²) >= 11 is 0. The predicted octanol–water partition coefficient (Wildman–Crippen LogP) is -18.3. The Morgan fingerprint density at radius 3 is 1.22 bits per heavy atom. The first-order valence-electron chi connectivity index (χ1n) is 19.4. The van der Waals surface area contributed by atoms with Crippen molar-refractivity contribution in [3.05, 3.63) is 86.5 Å². The number of nitrogen functional groups attached to an aromatic ring is 3. The van der Waals surface area contributed by atoms with Crippen LogP contribution in [0.3, 0.4) is 0 Å². The number of imidazole rings is 3. The van der Waals surface area contributed by atoms with Crippen LogP contribution in [0.4, 0.5) is 17.8 Å². The monoisotopic (exact) mass is 1390 g/mol. The van der Waals surface area contributed by atoms with Gasteiger partial charge in [0.05, 0.1) is 37.1 Å². The standard InChI is InChI=1S/C36H41N15O7Si3.6Rb/c1-13-16(7-52)22(4-19(13)49-10-40-25-28(49)43-34(37)46-31(25)54)59-57-9-18-15(3)21(51-12-42-27-30(51)45-36(39)48-33(27)56)6-24(18)61-58-60-23-5-20(14(2)17(23)8-53)50-11-41-26-29(50)44-35(38)47-32(26)55;;;;;;/h10-12,16-24,52-53H,1-9H2,(H3,37,43,46,54)(H3,38,44,47,55)(H3,39,45,48,56);;;;;;/q-3;6*+1/t16-,17-,18-,19-,20-,21-,22-,23-,24-;;;;;;/m0....../s1. The molecule has 6 aromatic heterocycles. The summed E-state index contributed by atoms with van der Waals surface area (Å²) in [5.74, 6) is -0.777. The van der Waals surface area contributed by atoms with Crippen LogP contribution in [-0.2, 0) is 8.54 Å². The number of aromatic amines is 3. The molecule has 22 nitrogen and oxygen atoms in total. The molecule has 0 aliphatic heterocycles. The Kier molecular flexibility index (Phi) is 29.0. The van der Waals surface area contributed by atoms with E-state index in [0.717, 1.165) is 16.7 Å². The van der Waals surface area contributed by atoms with Gasteiger partial charge in [0.2, 0.25) is 17.8 Å².